The molecule has 1 aliphatic rings. The van der Waals surface area contributed by atoms with E-state index in [4.69, 9.17) is 0 Å². The molecule has 0 radical (unpaired) electrons. The molecule has 0 aliphatic carbocycles. The van der Waals surface area contributed by atoms with Crippen LogP contribution >= 0.6 is 0 Å². The van der Waals surface area contributed by atoms with Gasteiger partial charge in [-0.25, -0.2) is 13.2 Å². The van der Waals surface area contributed by atoms with E-state index < -0.39 is 24.2 Å². The number of amides is 1. The highest BCUT2D eigenvalue weighted by Gasteiger charge is 2.47. The molecule has 1 aliphatic heterocycles. The second-order valence-electron chi connectivity index (χ2n) is 11.2. The Morgan fingerprint density at radius 2 is 1.86 bits per heavy atom. The minimum Gasteiger partial charge on any atom is -0.388 e. The average Bonchev–Trinajstić information content (AvgIpc) is 2.98. The number of hydrogen-bond acceptors (Lipinski definition) is 5. The van der Waals surface area contributed by atoms with Crippen LogP contribution in [-0.2, 0) is 0 Å². The lowest BCUT2D eigenvalue weighted by molar-refractivity contribution is -0.0890. The molecule has 4 rings (SSSR count). The Hall–Kier alpha value is -3.92. The number of nitrogens with one attached hydrogen (secondary N) is 1. The Morgan fingerprint density at radius 1 is 1.18 bits per heavy atom. The van der Waals surface area contributed by atoms with Crippen LogP contribution in [0.3, 0.4) is 0 Å². The first-order chi connectivity index (χ1) is 20.7. The number of likely N-dealkylation sites (tertiary alicyclic amines) is 1. The second kappa shape index (κ2) is 14.2. The first kappa shape index (κ1) is 34.6. The van der Waals surface area contributed by atoms with Crippen LogP contribution in [0.25, 0.3) is 11.8 Å². The number of aromatic nitrogens is 2. The van der Waals surface area contributed by atoms with Crippen LogP contribution in [0.2, 0.25) is 0 Å². The number of nitrogens with zero attached hydrogens (tertiary/aromatic N) is 4. The van der Waals surface area contributed by atoms with Crippen molar-refractivity contribution in [3.63, 3.8) is 0 Å². The van der Waals surface area contributed by atoms with Crippen molar-refractivity contribution < 1.29 is 18.0 Å². The number of pyridine rings is 2. The number of anilines is 1. The number of piperidine rings is 1. The van der Waals surface area contributed by atoms with E-state index >= 15 is 13.2 Å². The fourth-order valence-electron chi connectivity index (χ4n) is 5.65. The standard InChI is InChI=1S/C32H38F3N5O2.C2H6/c1-19(15-25-21(3)37-11-8-28(25)40-13-9-24(36-5)17-29(40)41)22(4)39-12-10-26(32(34,35)18-39)30-20(2)14-23(16-27(30)33)31(42)38(6)7;1-2/h8-9,11,13-17,22,26,36H,10,12,18H2,1-7H3;1-2H3/b19-15+;. The minimum absolute atomic E-state index is 0.0276. The lowest BCUT2D eigenvalue weighted by atomic mass is 9.82. The molecule has 7 nitrogen and oxygen atoms in total. The monoisotopic (exact) mass is 611 g/mol. The summed E-state index contributed by atoms with van der Waals surface area (Å²) in [6.07, 6.45) is 5.28. The quantitative estimate of drug-likeness (QED) is 0.323. The molecule has 0 saturated carbocycles. The number of benzene rings is 1. The first-order valence-corrected chi connectivity index (χ1v) is 14.9. The van der Waals surface area contributed by atoms with E-state index in [0.717, 1.165) is 17.2 Å². The molecule has 0 spiro atoms. The molecule has 44 heavy (non-hydrogen) atoms. The molecule has 1 saturated heterocycles. The van der Waals surface area contributed by atoms with Gasteiger partial charge in [-0.15, -0.1) is 0 Å². The predicted octanol–water partition coefficient (Wildman–Crippen LogP) is 6.67. The molecule has 3 heterocycles. The van der Waals surface area contributed by atoms with Gasteiger partial charge in [-0.2, -0.15) is 0 Å². The highest BCUT2D eigenvalue weighted by molar-refractivity contribution is 5.94. The van der Waals surface area contributed by atoms with Crippen LogP contribution in [0.15, 0.2) is 53.1 Å². The van der Waals surface area contributed by atoms with E-state index in [9.17, 15) is 9.59 Å². The Morgan fingerprint density at radius 3 is 2.43 bits per heavy atom. The second-order valence-corrected chi connectivity index (χ2v) is 11.2. The molecular formula is C34H44F3N5O2. The third-order valence-electron chi connectivity index (χ3n) is 8.18. The van der Waals surface area contributed by atoms with Crippen LogP contribution in [0.5, 0.6) is 0 Å². The van der Waals surface area contributed by atoms with Crippen LogP contribution in [0, 0.1) is 19.7 Å². The molecule has 2 unspecified atom stereocenters. The molecule has 1 N–H and O–H groups in total. The maximum atomic E-state index is 15.7. The number of hydrogen-bond donors (Lipinski definition) is 1. The number of rotatable bonds is 7. The zero-order valence-electron chi connectivity index (χ0n) is 27.1. The van der Waals surface area contributed by atoms with Gasteiger partial charge in [-0.3, -0.25) is 24.0 Å². The summed E-state index contributed by atoms with van der Waals surface area (Å²) in [7, 11) is 4.86. The van der Waals surface area contributed by atoms with Gasteiger partial charge in [0.1, 0.15) is 5.82 Å². The molecule has 1 amide bonds. The average molecular weight is 612 g/mol. The molecule has 2 atom stereocenters. The summed E-state index contributed by atoms with van der Waals surface area (Å²) < 4.78 is 48.2. The summed E-state index contributed by atoms with van der Waals surface area (Å²) in [5.74, 6) is -5.65. The summed E-state index contributed by atoms with van der Waals surface area (Å²) in [4.78, 5) is 32.6. The Balaban J connectivity index is 0.00000259. The van der Waals surface area contributed by atoms with Crippen molar-refractivity contribution in [1.82, 2.24) is 19.4 Å². The van der Waals surface area contributed by atoms with Crippen LogP contribution < -0.4 is 10.9 Å². The SMILES string of the molecule is CC.CNc1ccn(-c2ccnc(C)c2/C=C(\C)C(C)N2CCC(c3c(C)cc(C(=O)N(C)C)cc3F)C(F)(F)C2)c(=O)c1. The van der Waals surface area contributed by atoms with Crippen molar-refractivity contribution in [3.8, 4) is 5.69 Å². The van der Waals surface area contributed by atoms with Gasteiger partial charge >= 0.3 is 0 Å². The number of alkyl halides is 2. The topological polar surface area (TPSA) is 70.5 Å². The van der Waals surface area contributed by atoms with Gasteiger partial charge in [-0.1, -0.05) is 25.5 Å². The number of carbonyl (C=O) groups is 1. The predicted molar refractivity (Wildman–Crippen MR) is 172 cm³/mol. The highest BCUT2D eigenvalue weighted by Crippen LogP contribution is 2.43. The molecule has 3 aromatic rings. The van der Waals surface area contributed by atoms with E-state index in [0.29, 0.717) is 29.2 Å². The Kier molecular flexibility index (Phi) is 11.2. The molecular weight excluding hydrogens is 567 g/mol. The number of carbonyl (C=O) groups excluding carboxylic acids is 1. The van der Waals surface area contributed by atoms with Crippen molar-refractivity contribution in [2.45, 2.75) is 65.8 Å². The maximum absolute atomic E-state index is 15.7. The van der Waals surface area contributed by atoms with Gasteiger partial charge in [0, 0.05) is 68.2 Å². The third kappa shape index (κ3) is 7.23. The summed E-state index contributed by atoms with van der Waals surface area (Å²) in [6.45, 7) is 11.0. The van der Waals surface area contributed by atoms with Gasteiger partial charge in [0.2, 0.25) is 0 Å². The summed E-state index contributed by atoms with van der Waals surface area (Å²) in [5, 5.41) is 2.95. The van der Waals surface area contributed by atoms with Crippen molar-refractivity contribution >= 4 is 17.7 Å². The molecule has 10 heteroatoms. The highest BCUT2D eigenvalue weighted by atomic mass is 19.3. The van der Waals surface area contributed by atoms with Crippen molar-refractivity contribution in [2.24, 2.45) is 0 Å². The molecule has 0 bridgehead atoms. The zero-order valence-corrected chi connectivity index (χ0v) is 27.1. The fraction of sp³-hybridized carbons (Fsp3) is 0.441. The molecule has 1 fully saturated rings. The van der Waals surface area contributed by atoms with Crippen molar-refractivity contribution in [2.75, 3.05) is 39.5 Å². The van der Waals surface area contributed by atoms with E-state index in [1.807, 2.05) is 40.7 Å². The van der Waals surface area contributed by atoms with Crippen molar-refractivity contribution in [1.29, 1.82) is 0 Å². The van der Waals surface area contributed by atoms with Gasteiger partial charge in [0.15, 0.2) is 0 Å². The van der Waals surface area contributed by atoms with Crippen LogP contribution in [-0.4, -0.2) is 71.5 Å². The fourth-order valence-corrected chi connectivity index (χ4v) is 5.65. The van der Waals surface area contributed by atoms with Gasteiger partial charge in [-0.05, 0) is 76.1 Å². The number of aryl methyl sites for hydroxylation is 2. The Labute approximate surface area is 258 Å². The lowest BCUT2D eigenvalue weighted by Crippen LogP contribution is -2.51. The Bertz CT molecular complexity index is 1560. The lowest BCUT2D eigenvalue weighted by Gasteiger charge is -2.42. The summed E-state index contributed by atoms with van der Waals surface area (Å²) in [6, 6.07) is 7.26. The van der Waals surface area contributed by atoms with E-state index in [1.165, 1.54) is 21.6 Å². The number of halogens is 3. The first-order valence-electron chi connectivity index (χ1n) is 14.9. The van der Waals surface area contributed by atoms with Crippen LogP contribution in [0.4, 0.5) is 18.9 Å². The zero-order chi connectivity index (χ0) is 32.9. The molecule has 2 aromatic heterocycles. The summed E-state index contributed by atoms with van der Waals surface area (Å²) >= 11 is 0. The molecule has 238 valence electrons. The van der Waals surface area contributed by atoms with E-state index in [2.05, 4.69) is 10.3 Å². The van der Waals surface area contributed by atoms with Gasteiger partial charge < -0.3 is 10.2 Å². The van der Waals surface area contributed by atoms with Crippen molar-refractivity contribution in [3.05, 3.63) is 92.4 Å². The normalized spacial score (nSPS) is 17.4. The van der Waals surface area contributed by atoms with Gasteiger partial charge in [0.05, 0.1) is 18.2 Å². The van der Waals surface area contributed by atoms with Crippen LogP contribution in [0.1, 0.15) is 72.8 Å². The maximum Gasteiger partial charge on any atom is 0.267 e. The van der Waals surface area contributed by atoms with Gasteiger partial charge in [0.25, 0.3) is 17.4 Å². The largest absolute Gasteiger partial charge is 0.388 e. The van der Waals surface area contributed by atoms with E-state index in [1.54, 1.807) is 57.5 Å². The molecule has 1 aromatic carbocycles. The minimum atomic E-state index is -3.19. The smallest absolute Gasteiger partial charge is 0.267 e. The van der Waals surface area contributed by atoms with E-state index in [-0.39, 0.29) is 35.1 Å². The third-order valence-corrected chi connectivity index (χ3v) is 8.18. The summed E-state index contributed by atoms with van der Waals surface area (Å²) in [5.41, 5.74) is 3.85.